The largest absolute Gasteiger partial charge is 0.394 e. The predicted molar refractivity (Wildman–Crippen MR) is 99.8 cm³/mol. The molecule has 4 atom stereocenters. The van der Waals surface area contributed by atoms with Crippen LogP contribution in [0, 0.1) is 0 Å². The Hall–Kier alpha value is -2.79. The van der Waals surface area contributed by atoms with Crippen molar-refractivity contribution in [3.8, 4) is 0 Å². The minimum atomic E-state index is -1.31. The first-order valence-electron chi connectivity index (χ1n) is 8.96. The van der Waals surface area contributed by atoms with Crippen LogP contribution in [0.2, 0.25) is 0 Å². The number of aliphatic hydroxyl groups excluding tert-OH is 3. The summed E-state index contributed by atoms with van der Waals surface area (Å²) in [5, 5.41) is 33.0. The first-order chi connectivity index (χ1) is 13.6. The van der Waals surface area contributed by atoms with Crippen LogP contribution in [0.5, 0.6) is 0 Å². The number of nitrogens with zero attached hydrogens (tertiary/aromatic N) is 3. The summed E-state index contributed by atoms with van der Waals surface area (Å²) in [5.74, 6) is 0.282. The average Bonchev–Trinajstić information content (AvgIpc) is 3.21. The van der Waals surface area contributed by atoms with Gasteiger partial charge in [0.2, 0.25) is 5.95 Å². The minimum absolute atomic E-state index is 0.0856. The molecule has 0 spiro atoms. The van der Waals surface area contributed by atoms with Gasteiger partial charge in [-0.05, 0) is 12.0 Å². The van der Waals surface area contributed by atoms with Crippen LogP contribution < -0.4 is 10.9 Å². The molecule has 1 aliphatic heterocycles. The number of aliphatic hydroxyl groups is 3. The van der Waals surface area contributed by atoms with Crippen LogP contribution in [0.1, 0.15) is 11.8 Å². The van der Waals surface area contributed by atoms with Gasteiger partial charge in [-0.3, -0.25) is 9.36 Å². The quantitative estimate of drug-likeness (QED) is 0.376. The molecule has 1 aliphatic rings. The Bertz CT molecular complexity index is 1000. The van der Waals surface area contributed by atoms with Gasteiger partial charge < -0.3 is 30.4 Å². The summed E-state index contributed by atoms with van der Waals surface area (Å²) in [6.45, 7) is 0.0617. The molecule has 0 amide bonds. The van der Waals surface area contributed by atoms with E-state index in [1.54, 1.807) is 0 Å². The van der Waals surface area contributed by atoms with Crippen molar-refractivity contribution in [2.75, 3.05) is 18.5 Å². The van der Waals surface area contributed by atoms with Crippen LogP contribution in [0.15, 0.2) is 41.5 Å². The van der Waals surface area contributed by atoms with E-state index in [2.05, 4.69) is 20.3 Å². The van der Waals surface area contributed by atoms with Crippen molar-refractivity contribution in [1.29, 1.82) is 0 Å². The molecule has 28 heavy (non-hydrogen) atoms. The van der Waals surface area contributed by atoms with Crippen molar-refractivity contribution in [2.24, 2.45) is 0 Å². The van der Waals surface area contributed by atoms with E-state index < -0.39 is 36.7 Å². The summed E-state index contributed by atoms with van der Waals surface area (Å²) in [6.07, 6.45) is -2.64. The first-order valence-corrected chi connectivity index (χ1v) is 8.96. The minimum Gasteiger partial charge on any atom is -0.394 e. The SMILES string of the molecule is O=c1[nH]cnc2c1nc(NCCc1ccccc1)n2[C@H]1O[C@@H](CO)[C@H](O)[C@H]1O. The molecule has 0 saturated carbocycles. The number of anilines is 1. The number of aromatic nitrogens is 4. The van der Waals surface area contributed by atoms with Crippen LogP contribution in [-0.2, 0) is 11.2 Å². The number of fused-ring (bicyclic) bond motifs is 1. The lowest BCUT2D eigenvalue weighted by Gasteiger charge is -2.19. The smallest absolute Gasteiger partial charge is 0.278 e. The second-order valence-corrected chi connectivity index (χ2v) is 6.60. The highest BCUT2D eigenvalue weighted by atomic mass is 16.6. The lowest BCUT2D eigenvalue weighted by atomic mass is 10.1. The zero-order valence-electron chi connectivity index (χ0n) is 14.9. The van der Waals surface area contributed by atoms with Gasteiger partial charge in [-0.1, -0.05) is 30.3 Å². The van der Waals surface area contributed by atoms with Gasteiger partial charge in [0, 0.05) is 6.54 Å². The molecule has 0 radical (unpaired) electrons. The van der Waals surface area contributed by atoms with Crippen LogP contribution in [0.4, 0.5) is 5.95 Å². The van der Waals surface area contributed by atoms with E-state index in [1.165, 1.54) is 10.9 Å². The summed E-state index contributed by atoms with van der Waals surface area (Å²) in [7, 11) is 0. The van der Waals surface area contributed by atoms with Gasteiger partial charge in [0.1, 0.15) is 18.3 Å². The van der Waals surface area contributed by atoms with Crippen molar-refractivity contribution in [3.63, 3.8) is 0 Å². The Morgan fingerprint density at radius 2 is 2.00 bits per heavy atom. The zero-order chi connectivity index (χ0) is 19.7. The summed E-state index contributed by atoms with van der Waals surface area (Å²) >= 11 is 0. The van der Waals surface area contributed by atoms with E-state index in [9.17, 15) is 20.1 Å². The van der Waals surface area contributed by atoms with E-state index in [0.717, 1.165) is 5.56 Å². The van der Waals surface area contributed by atoms with Gasteiger partial charge >= 0.3 is 0 Å². The molecule has 0 unspecified atom stereocenters. The van der Waals surface area contributed by atoms with Gasteiger partial charge in [-0.25, -0.2) is 9.97 Å². The van der Waals surface area contributed by atoms with Crippen molar-refractivity contribution in [2.45, 2.75) is 31.0 Å². The lowest BCUT2D eigenvalue weighted by molar-refractivity contribution is -0.0501. The number of aromatic amines is 1. The van der Waals surface area contributed by atoms with Gasteiger partial charge in [-0.2, -0.15) is 0 Å². The third-order valence-corrected chi connectivity index (χ3v) is 4.79. The molecule has 1 saturated heterocycles. The Kier molecular flexibility index (Phi) is 5.09. The number of H-pyrrole nitrogens is 1. The van der Waals surface area contributed by atoms with Crippen molar-refractivity contribution >= 4 is 17.1 Å². The fourth-order valence-corrected chi connectivity index (χ4v) is 3.34. The predicted octanol–water partition coefficient (Wildman–Crippen LogP) is -0.614. The molecule has 0 aliphatic carbocycles. The topological polar surface area (TPSA) is 146 Å². The van der Waals surface area contributed by atoms with Crippen LogP contribution in [0.3, 0.4) is 0 Å². The standard InChI is InChI=1S/C18H21N5O5/c24-8-11-13(25)14(26)17(28-11)23-15-12(16(27)21-9-20-15)22-18(23)19-7-6-10-4-2-1-3-5-10/h1-5,9,11,13-14,17,24-26H,6-8H2,(H,19,22)(H,20,21,27)/t11-,13-,14+,17-/m0/s1. The maximum atomic E-state index is 12.1. The van der Waals surface area contributed by atoms with Crippen molar-refractivity contribution in [3.05, 3.63) is 52.6 Å². The molecule has 1 fully saturated rings. The fourth-order valence-electron chi connectivity index (χ4n) is 3.34. The maximum absolute atomic E-state index is 12.1. The normalized spacial score (nSPS) is 24.7. The number of imidazole rings is 1. The van der Waals surface area contributed by atoms with E-state index in [0.29, 0.717) is 13.0 Å². The molecule has 1 aromatic carbocycles. The second kappa shape index (κ2) is 7.68. The maximum Gasteiger partial charge on any atom is 0.278 e. The molecule has 10 heteroatoms. The Balaban J connectivity index is 1.67. The van der Waals surface area contributed by atoms with E-state index in [-0.39, 0.29) is 17.1 Å². The summed E-state index contributed by atoms with van der Waals surface area (Å²) in [4.78, 5) is 23.1. The van der Waals surface area contributed by atoms with E-state index in [4.69, 9.17) is 4.74 Å². The lowest BCUT2D eigenvalue weighted by Crippen LogP contribution is -2.33. The Morgan fingerprint density at radius 1 is 1.21 bits per heavy atom. The number of ether oxygens (including phenoxy) is 1. The van der Waals surface area contributed by atoms with Crippen molar-refractivity contribution in [1.82, 2.24) is 19.5 Å². The Morgan fingerprint density at radius 3 is 2.71 bits per heavy atom. The first kappa shape index (κ1) is 18.6. The summed E-state index contributed by atoms with van der Waals surface area (Å²) in [5.41, 5.74) is 0.992. The number of benzene rings is 1. The van der Waals surface area contributed by atoms with E-state index >= 15 is 0 Å². The van der Waals surface area contributed by atoms with Crippen LogP contribution in [0.25, 0.3) is 11.2 Å². The average molecular weight is 387 g/mol. The van der Waals surface area contributed by atoms with Gasteiger partial charge in [0.25, 0.3) is 5.56 Å². The van der Waals surface area contributed by atoms with Crippen LogP contribution in [-0.4, -0.2) is 66.3 Å². The third-order valence-electron chi connectivity index (χ3n) is 4.79. The van der Waals surface area contributed by atoms with Crippen molar-refractivity contribution < 1.29 is 20.1 Å². The van der Waals surface area contributed by atoms with E-state index in [1.807, 2.05) is 30.3 Å². The monoisotopic (exact) mass is 387 g/mol. The molecule has 2 aromatic heterocycles. The molecule has 3 aromatic rings. The third kappa shape index (κ3) is 3.27. The van der Waals surface area contributed by atoms with Crippen LogP contribution >= 0.6 is 0 Å². The number of rotatable bonds is 6. The second-order valence-electron chi connectivity index (χ2n) is 6.60. The highest BCUT2D eigenvalue weighted by molar-refractivity contribution is 5.73. The van der Waals surface area contributed by atoms with Gasteiger partial charge in [-0.15, -0.1) is 0 Å². The molecule has 4 rings (SSSR count). The molecule has 5 N–H and O–H groups in total. The highest BCUT2D eigenvalue weighted by Gasteiger charge is 2.45. The van der Waals surface area contributed by atoms with Gasteiger partial charge in [0.15, 0.2) is 17.4 Å². The molecule has 3 heterocycles. The molecule has 0 bridgehead atoms. The summed E-state index contributed by atoms with van der Waals surface area (Å²) in [6, 6.07) is 9.85. The highest BCUT2D eigenvalue weighted by Crippen LogP contribution is 2.33. The molecular formula is C18H21N5O5. The number of hydrogen-bond acceptors (Lipinski definition) is 8. The Labute approximate surface area is 159 Å². The molecule has 10 nitrogen and oxygen atoms in total. The number of hydrogen-bond donors (Lipinski definition) is 5. The fraction of sp³-hybridized carbons (Fsp3) is 0.389. The molecular weight excluding hydrogens is 366 g/mol. The number of nitrogens with one attached hydrogen (secondary N) is 2. The zero-order valence-corrected chi connectivity index (χ0v) is 14.9. The summed E-state index contributed by atoms with van der Waals surface area (Å²) < 4.78 is 7.06. The molecule has 148 valence electrons. The van der Waals surface area contributed by atoms with Gasteiger partial charge in [0.05, 0.1) is 12.9 Å².